The van der Waals surface area contributed by atoms with Crippen molar-refractivity contribution in [2.24, 2.45) is 0 Å². The molecule has 0 unspecified atom stereocenters. The highest BCUT2D eigenvalue weighted by Crippen LogP contribution is 2.36. The van der Waals surface area contributed by atoms with Gasteiger partial charge in [-0.2, -0.15) is 13.2 Å². The quantitative estimate of drug-likeness (QED) is 0.662. The lowest BCUT2D eigenvalue weighted by molar-refractivity contribution is -0.183. The normalized spacial score (nSPS) is 18.1. The number of rotatable bonds is 4. The topological polar surface area (TPSA) is 65.1 Å². The van der Waals surface area contributed by atoms with Crippen molar-refractivity contribution in [3.8, 4) is 0 Å². The van der Waals surface area contributed by atoms with Gasteiger partial charge in [-0.15, -0.1) is 0 Å². The molecule has 10 heteroatoms. The molecule has 2 rings (SSSR count). The van der Waals surface area contributed by atoms with Gasteiger partial charge < -0.3 is 14.0 Å². The summed E-state index contributed by atoms with van der Waals surface area (Å²) in [5, 5.41) is 0. The first-order valence-corrected chi connectivity index (χ1v) is 9.99. The molecule has 0 spiro atoms. The lowest BCUT2D eigenvalue weighted by Gasteiger charge is -2.32. The van der Waals surface area contributed by atoms with Crippen LogP contribution in [0.5, 0.6) is 0 Å². The zero-order valence-corrected chi connectivity index (χ0v) is 18.9. The number of alkyl halides is 3. The van der Waals surface area contributed by atoms with Gasteiger partial charge in [0.2, 0.25) is 0 Å². The van der Waals surface area contributed by atoms with Gasteiger partial charge in [-0.05, 0) is 65.9 Å². The van der Waals surface area contributed by atoms with Crippen LogP contribution >= 0.6 is 0 Å². The Morgan fingerprint density at radius 1 is 1.00 bits per heavy atom. The molecule has 31 heavy (non-hydrogen) atoms. The van der Waals surface area contributed by atoms with Crippen LogP contribution in [0.3, 0.4) is 0 Å². The SMILES string of the molecule is CC(C)(C)OC(=O)N(CCc1ccc(B2OC(C)(C)C(C)(C)O2)cc1)C(=O)C(F)(F)F. The molecule has 1 aliphatic rings. The Bertz CT molecular complexity index is 800. The summed E-state index contributed by atoms with van der Waals surface area (Å²) >= 11 is 0. The van der Waals surface area contributed by atoms with Crippen molar-refractivity contribution >= 4 is 24.6 Å². The molecule has 0 atom stereocenters. The molecule has 1 heterocycles. The van der Waals surface area contributed by atoms with E-state index in [0.29, 0.717) is 5.56 Å². The lowest BCUT2D eigenvalue weighted by Crippen LogP contribution is -2.47. The van der Waals surface area contributed by atoms with Crippen LogP contribution < -0.4 is 5.46 Å². The molecule has 172 valence electrons. The van der Waals surface area contributed by atoms with E-state index in [0.717, 1.165) is 5.46 Å². The standard InChI is InChI=1S/C21H29BF3NO5/c1-18(2,3)29-17(28)26(16(27)21(23,24)25)13-12-14-8-10-15(11-9-14)22-30-19(4,5)20(6,7)31-22/h8-11H,12-13H2,1-7H3. The minimum Gasteiger partial charge on any atom is -0.443 e. The first-order chi connectivity index (χ1) is 13.9. The maximum atomic E-state index is 12.9. The van der Waals surface area contributed by atoms with Gasteiger partial charge in [0.05, 0.1) is 11.2 Å². The molecule has 1 fully saturated rings. The number of halogens is 3. The van der Waals surface area contributed by atoms with Crippen molar-refractivity contribution in [3.05, 3.63) is 29.8 Å². The third-order valence-corrected chi connectivity index (χ3v) is 5.23. The first kappa shape index (κ1) is 25.2. The molecule has 0 radical (unpaired) electrons. The van der Waals surface area contributed by atoms with Crippen LogP contribution in [0, 0.1) is 0 Å². The monoisotopic (exact) mass is 443 g/mol. The van der Waals surface area contributed by atoms with Gasteiger partial charge in [0, 0.05) is 6.54 Å². The molecule has 2 amide bonds. The van der Waals surface area contributed by atoms with E-state index < -0.39 is 48.6 Å². The highest BCUT2D eigenvalue weighted by molar-refractivity contribution is 6.62. The molecule has 1 aromatic rings. The number of nitrogens with zero attached hydrogens (tertiary/aromatic N) is 1. The predicted molar refractivity (Wildman–Crippen MR) is 110 cm³/mol. The average Bonchev–Trinajstić information content (AvgIpc) is 2.80. The Labute approximate surface area is 181 Å². The summed E-state index contributed by atoms with van der Waals surface area (Å²) in [5.41, 5.74) is -0.627. The fourth-order valence-electron chi connectivity index (χ4n) is 2.81. The molecule has 6 nitrogen and oxygen atoms in total. The minimum absolute atomic E-state index is 0.0325. The van der Waals surface area contributed by atoms with E-state index in [1.165, 1.54) is 20.8 Å². The van der Waals surface area contributed by atoms with E-state index in [2.05, 4.69) is 0 Å². The Morgan fingerprint density at radius 2 is 1.48 bits per heavy atom. The highest BCUT2D eigenvalue weighted by atomic mass is 19.4. The molecule has 0 aliphatic carbocycles. The predicted octanol–water partition coefficient (Wildman–Crippen LogP) is 3.85. The van der Waals surface area contributed by atoms with Crippen LogP contribution in [0.2, 0.25) is 0 Å². The Morgan fingerprint density at radius 3 is 1.90 bits per heavy atom. The molecule has 1 aliphatic heterocycles. The number of amides is 2. The van der Waals surface area contributed by atoms with Gasteiger partial charge in [-0.3, -0.25) is 4.79 Å². The van der Waals surface area contributed by atoms with E-state index in [1.54, 1.807) is 24.3 Å². The summed E-state index contributed by atoms with van der Waals surface area (Å²) in [4.78, 5) is 24.0. The average molecular weight is 443 g/mol. The van der Waals surface area contributed by atoms with E-state index in [-0.39, 0.29) is 11.3 Å². The van der Waals surface area contributed by atoms with Crippen molar-refractivity contribution in [3.63, 3.8) is 0 Å². The molecule has 0 saturated carbocycles. The largest absolute Gasteiger partial charge is 0.494 e. The summed E-state index contributed by atoms with van der Waals surface area (Å²) in [6.45, 7) is 11.8. The number of carbonyl (C=O) groups excluding carboxylic acids is 2. The van der Waals surface area contributed by atoms with Gasteiger partial charge >= 0.3 is 25.3 Å². The van der Waals surface area contributed by atoms with Crippen molar-refractivity contribution in [2.45, 2.75) is 77.9 Å². The molecule has 1 saturated heterocycles. The number of carbonyl (C=O) groups is 2. The smallest absolute Gasteiger partial charge is 0.443 e. The zero-order valence-electron chi connectivity index (χ0n) is 18.9. The molecule has 1 aromatic carbocycles. The van der Waals surface area contributed by atoms with Crippen molar-refractivity contribution in [1.29, 1.82) is 0 Å². The number of hydrogen-bond donors (Lipinski definition) is 0. The van der Waals surface area contributed by atoms with Crippen LogP contribution in [0.15, 0.2) is 24.3 Å². The van der Waals surface area contributed by atoms with Crippen LogP contribution in [0.1, 0.15) is 54.0 Å². The van der Waals surface area contributed by atoms with Crippen LogP contribution in [0.25, 0.3) is 0 Å². The van der Waals surface area contributed by atoms with Crippen LogP contribution in [0.4, 0.5) is 18.0 Å². The summed E-state index contributed by atoms with van der Waals surface area (Å²) in [6, 6.07) is 6.90. The maximum absolute atomic E-state index is 12.9. The number of hydrogen-bond acceptors (Lipinski definition) is 5. The second-order valence-electron chi connectivity index (χ2n) is 9.51. The van der Waals surface area contributed by atoms with Crippen LogP contribution in [-0.2, 0) is 25.3 Å². The van der Waals surface area contributed by atoms with E-state index in [9.17, 15) is 22.8 Å². The Balaban J connectivity index is 2.10. The third kappa shape index (κ3) is 6.23. The summed E-state index contributed by atoms with van der Waals surface area (Å²) in [5.74, 6) is -2.25. The summed E-state index contributed by atoms with van der Waals surface area (Å²) < 4.78 is 55.7. The molecule has 0 N–H and O–H groups in total. The molecular formula is C21H29BF3NO5. The number of benzene rings is 1. The fraction of sp³-hybridized carbons (Fsp3) is 0.619. The van der Waals surface area contributed by atoms with Gasteiger partial charge in [0.15, 0.2) is 0 Å². The number of ether oxygens (including phenoxy) is 1. The van der Waals surface area contributed by atoms with Gasteiger partial charge in [-0.1, -0.05) is 24.3 Å². The Hall–Kier alpha value is -2.07. The maximum Gasteiger partial charge on any atom is 0.494 e. The van der Waals surface area contributed by atoms with Crippen LogP contribution in [-0.4, -0.2) is 53.5 Å². The third-order valence-electron chi connectivity index (χ3n) is 5.23. The van der Waals surface area contributed by atoms with Crippen molar-refractivity contribution < 1.29 is 36.8 Å². The second-order valence-corrected chi connectivity index (χ2v) is 9.51. The minimum atomic E-state index is -5.18. The van der Waals surface area contributed by atoms with E-state index >= 15 is 0 Å². The lowest BCUT2D eigenvalue weighted by atomic mass is 9.79. The van der Waals surface area contributed by atoms with E-state index in [1.807, 2.05) is 27.7 Å². The molecule has 0 aromatic heterocycles. The van der Waals surface area contributed by atoms with E-state index in [4.69, 9.17) is 14.0 Å². The van der Waals surface area contributed by atoms with Gasteiger partial charge in [0.25, 0.3) is 0 Å². The zero-order chi connectivity index (χ0) is 23.8. The number of imide groups is 1. The van der Waals surface area contributed by atoms with Crippen molar-refractivity contribution in [2.75, 3.05) is 6.54 Å². The summed E-state index contributed by atoms with van der Waals surface area (Å²) in [7, 11) is -0.566. The fourth-order valence-corrected chi connectivity index (χ4v) is 2.81. The van der Waals surface area contributed by atoms with Gasteiger partial charge in [0.1, 0.15) is 5.60 Å². The first-order valence-electron chi connectivity index (χ1n) is 9.99. The van der Waals surface area contributed by atoms with Crippen molar-refractivity contribution in [1.82, 2.24) is 4.90 Å². The molecular weight excluding hydrogens is 414 g/mol. The Kier molecular flexibility index (Phi) is 6.88. The highest BCUT2D eigenvalue weighted by Gasteiger charge is 2.51. The molecule has 0 bridgehead atoms. The second kappa shape index (κ2) is 8.46. The summed E-state index contributed by atoms with van der Waals surface area (Å²) in [6.07, 6.45) is -6.48. The van der Waals surface area contributed by atoms with Gasteiger partial charge in [-0.25, -0.2) is 9.69 Å².